The van der Waals surface area contributed by atoms with Crippen LogP contribution in [0.25, 0.3) is 10.9 Å². The number of phenols is 1. The summed E-state index contributed by atoms with van der Waals surface area (Å²) in [4.78, 5) is 19.7. The van der Waals surface area contributed by atoms with Crippen molar-refractivity contribution >= 4 is 22.6 Å². The molecule has 2 N–H and O–H groups in total. The van der Waals surface area contributed by atoms with Crippen LogP contribution in [0.4, 0.5) is 4.39 Å². The van der Waals surface area contributed by atoms with Gasteiger partial charge >= 0.3 is 5.97 Å². The maximum Gasteiger partial charge on any atom is 0.339 e. The SMILES string of the molecule is CC1(C)Cc2c(F)cccc2C(c2cnc3ccccc3c2)=N1.O=C(O)c1ccccc1O. The maximum absolute atomic E-state index is 14.3. The van der Waals surface area contributed by atoms with Crippen LogP contribution in [0, 0.1) is 5.82 Å². The van der Waals surface area contributed by atoms with Gasteiger partial charge in [0.15, 0.2) is 0 Å². The number of carboxylic acid groups (broad SMARTS) is 1. The van der Waals surface area contributed by atoms with Gasteiger partial charge in [0.2, 0.25) is 0 Å². The van der Waals surface area contributed by atoms with Gasteiger partial charge in [0.05, 0.1) is 16.8 Å². The van der Waals surface area contributed by atoms with Gasteiger partial charge in [0, 0.05) is 29.1 Å². The number of hydrogen-bond donors (Lipinski definition) is 2. The van der Waals surface area contributed by atoms with E-state index in [4.69, 9.17) is 15.2 Å². The van der Waals surface area contributed by atoms with Crippen molar-refractivity contribution in [1.29, 1.82) is 0 Å². The lowest BCUT2D eigenvalue weighted by Gasteiger charge is -2.29. The molecule has 0 fully saturated rings. The van der Waals surface area contributed by atoms with Crippen LogP contribution in [-0.2, 0) is 6.42 Å². The molecule has 0 atom stereocenters. The Hall–Kier alpha value is -4.06. The van der Waals surface area contributed by atoms with E-state index < -0.39 is 5.97 Å². The Kier molecular flexibility index (Phi) is 5.92. The van der Waals surface area contributed by atoms with E-state index in [1.54, 1.807) is 18.2 Å². The van der Waals surface area contributed by atoms with E-state index in [1.807, 2.05) is 50.4 Å². The second-order valence-corrected chi connectivity index (χ2v) is 8.45. The van der Waals surface area contributed by atoms with Crippen LogP contribution in [0.5, 0.6) is 5.75 Å². The molecule has 0 radical (unpaired) electrons. The molecule has 0 aliphatic carbocycles. The monoisotopic (exact) mass is 442 g/mol. The predicted octanol–water partition coefficient (Wildman–Crippen LogP) is 5.64. The lowest BCUT2D eigenvalue weighted by molar-refractivity contribution is 0.0693. The number of aromatic nitrogens is 1. The largest absolute Gasteiger partial charge is 0.507 e. The second-order valence-electron chi connectivity index (χ2n) is 8.45. The number of pyridine rings is 1. The van der Waals surface area contributed by atoms with Crippen molar-refractivity contribution in [2.75, 3.05) is 0 Å². The molecular formula is C27H23FN2O3. The molecule has 0 spiro atoms. The number of carboxylic acids is 1. The van der Waals surface area contributed by atoms with Crippen LogP contribution in [0.1, 0.15) is 40.9 Å². The normalized spacial score (nSPS) is 14.0. The van der Waals surface area contributed by atoms with Crippen molar-refractivity contribution in [3.05, 3.63) is 107 Å². The van der Waals surface area contributed by atoms with Gasteiger partial charge in [-0.3, -0.25) is 9.98 Å². The van der Waals surface area contributed by atoms with Gasteiger partial charge in [0.25, 0.3) is 0 Å². The minimum Gasteiger partial charge on any atom is -0.507 e. The molecule has 0 amide bonds. The number of benzene rings is 3. The number of aliphatic imine (C=N–C) groups is 1. The molecule has 0 saturated heterocycles. The highest BCUT2D eigenvalue weighted by Crippen LogP contribution is 2.31. The molecule has 5 nitrogen and oxygen atoms in total. The van der Waals surface area contributed by atoms with Crippen LogP contribution in [-0.4, -0.2) is 32.4 Å². The van der Waals surface area contributed by atoms with E-state index in [2.05, 4.69) is 11.1 Å². The first-order valence-electron chi connectivity index (χ1n) is 10.5. The third-order valence-corrected chi connectivity index (χ3v) is 5.40. The number of fused-ring (bicyclic) bond motifs is 2. The Morgan fingerprint density at radius 1 is 1.00 bits per heavy atom. The number of hydrogen-bond acceptors (Lipinski definition) is 4. The minimum absolute atomic E-state index is 0.0671. The van der Waals surface area contributed by atoms with Crippen molar-refractivity contribution in [3.8, 4) is 5.75 Å². The predicted molar refractivity (Wildman–Crippen MR) is 127 cm³/mol. The fraction of sp³-hybridized carbons (Fsp3) is 0.148. The summed E-state index contributed by atoms with van der Waals surface area (Å²) in [5.74, 6) is -1.47. The number of aromatic carboxylic acids is 1. The van der Waals surface area contributed by atoms with E-state index in [1.165, 1.54) is 18.2 Å². The summed E-state index contributed by atoms with van der Waals surface area (Å²) in [7, 11) is 0. The highest BCUT2D eigenvalue weighted by atomic mass is 19.1. The first-order valence-corrected chi connectivity index (χ1v) is 10.5. The number of aromatic hydroxyl groups is 1. The molecule has 6 heteroatoms. The summed E-state index contributed by atoms with van der Waals surface area (Å²) in [5, 5.41) is 18.4. The summed E-state index contributed by atoms with van der Waals surface area (Å²) in [6.07, 6.45) is 2.44. The number of carbonyl (C=O) groups is 1. The maximum atomic E-state index is 14.3. The molecule has 33 heavy (non-hydrogen) atoms. The number of para-hydroxylation sites is 2. The molecule has 0 unspecified atom stereocenters. The average molecular weight is 442 g/mol. The third-order valence-electron chi connectivity index (χ3n) is 5.40. The molecule has 166 valence electrons. The Labute approximate surface area is 190 Å². The fourth-order valence-electron chi connectivity index (χ4n) is 3.87. The van der Waals surface area contributed by atoms with E-state index >= 15 is 0 Å². The summed E-state index contributed by atoms with van der Waals surface area (Å²) >= 11 is 0. The Morgan fingerprint density at radius 3 is 2.45 bits per heavy atom. The molecule has 1 aliphatic rings. The zero-order chi connectivity index (χ0) is 23.6. The molecule has 0 saturated carbocycles. The summed E-state index contributed by atoms with van der Waals surface area (Å²) < 4.78 is 14.3. The lowest BCUT2D eigenvalue weighted by Crippen LogP contribution is -2.30. The summed E-state index contributed by atoms with van der Waals surface area (Å²) in [6.45, 7) is 4.08. The topological polar surface area (TPSA) is 82.8 Å². The lowest BCUT2D eigenvalue weighted by atomic mass is 9.85. The van der Waals surface area contributed by atoms with E-state index in [9.17, 15) is 9.18 Å². The Balaban J connectivity index is 0.000000219. The molecule has 2 heterocycles. The van der Waals surface area contributed by atoms with Gasteiger partial charge < -0.3 is 10.2 Å². The van der Waals surface area contributed by atoms with E-state index in [0.29, 0.717) is 6.42 Å². The molecule has 5 rings (SSSR count). The smallest absolute Gasteiger partial charge is 0.339 e. The van der Waals surface area contributed by atoms with Crippen LogP contribution >= 0.6 is 0 Å². The van der Waals surface area contributed by atoms with Crippen LogP contribution in [0.15, 0.2) is 84.0 Å². The minimum atomic E-state index is -1.11. The third kappa shape index (κ3) is 4.75. The van der Waals surface area contributed by atoms with E-state index in [-0.39, 0.29) is 22.7 Å². The standard InChI is InChI=1S/C20H17FN2.C7H6O3/c1-20(2)11-16-15(7-5-8-17(16)21)19(23-20)14-10-13-6-3-4-9-18(13)22-12-14;8-6-4-2-1-3-5(6)7(9)10/h3-10,12H,11H2,1-2H3;1-4,8H,(H,9,10). The Bertz CT molecular complexity index is 1380. The van der Waals surface area contributed by atoms with Crippen LogP contribution in [0.2, 0.25) is 0 Å². The van der Waals surface area contributed by atoms with Crippen molar-refractivity contribution < 1.29 is 19.4 Å². The van der Waals surface area contributed by atoms with Crippen molar-refractivity contribution in [2.45, 2.75) is 25.8 Å². The van der Waals surface area contributed by atoms with Gasteiger partial charge in [-0.05, 0) is 49.7 Å². The molecule has 0 bridgehead atoms. The van der Waals surface area contributed by atoms with Crippen molar-refractivity contribution in [3.63, 3.8) is 0 Å². The van der Waals surface area contributed by atoms with Gasteiger partial charge in [-0.2, -0.15) is 0 Å². The number of halogens is 1. The van der Waals surface area contributed by atoms with E-state index in [0.717, 1.165) is 33.3 Å². The first kappa shape index (κ1) is 22.1. The summed E-state index contributed by atoms with van der Waals surface area (Å²) in [6, 6.07) is 21.1. The van der Waals surface area contributed by atoms with Crippen LogP contribution < -0.4 is 0 Å². The highest BCUT2D eigenvalue weighted by molar-refractivity contribution is 6.15. The molecule has 4 aromatic rings. The van der Waals surface area contributed by atoms with Crippen LogP contribution in [0.3, 0.4) is 0 Å². The van der Waals surface area contributed by atoms with Crippen molar-refractivity contribution in [1.82, 2.24) is 4.98 Å². The summed E-state index contributed by atoms with van der Waals surface area (Å²) in [5.41, 5.74) is 3.94. The van der Waals surface area contributed by atoms with Gasteiger partial charge in [-0.15, -0.1) is 0 Å². The van der Waals surface area contributed by atoms with Gasteiger partial charge in [-0.1, -0.05) is 42.5 Å². The number of rotatable bonds is 2. The molecule has 3 aromatic carbocycles. The van der Waals surface area contributed by atoms with Crippen molar-refractivity contribution in [2.24, 2.45) is 4.99 Å². The number of nitrogens with zero attached hydrogens (tertiary/aromatic N) is 2. The highest BCUT2D eigenvalue weighted by Gasteiger charge is 2.29. The molecular weight excluding hydrogens is 419 g/mol. The Morgan fingerprint density at radius 2 is 1.73 bits per heavy atom. The zero-order valence-corrected chi connectivity index (χ0v) is 18.3. The molecule has 1 aromatic heterocycles. The average Bonchev–Trinajstić information content (AvgIpc) is 2.79. The quantitative estimate of drug-likeness (QED) is 0.421. The van der Waals surface area contributed by atoms with Gasteiger partial charge in [-0.25, -0.2) is 9.18 Å². The first-order chi connectivity index (χ1) is 15.7. The zero-order valence-electron chi connectivity index (χ0n) is 18.3. The fourth-order valence-corrected chi connectivity index (χ4v) is 3.87. The molecule has 1 aliphatic heterocycles. The second kappa shape index (κ2) is 8.82. The van der Waals surface area contributed by atoms with Gasteiger partial charge in [0.1, 0.15) is 17.1 Å².